The monoisotopic (exact) mass is 512 g/mol. The van der Waals surface area contributed by atoms with Crippen LogP contribution in [-0.4, -0.2) is 49.1 Å². The second-order valence-corrected chi connectivity index (χ2v) is 10.3. The number of aromatic amines is 2. The van der Waals surface area contributed by atoms with Gasteiger partial charge in [-0.3, -0.25) is 15.0 Å². The van der Waals surface area contributed by atoms with Crippen molar-refractivity contribution in [2.75, 3.05) is 13.1 Å². The van der Waals surface area contributed by atoms with E-state index in [0.29, 0.717) is 13.1 Å². The smallest absolute Gasteiger partial charge is 0.261 e. The third kappa shape index (κ3) is 4.10. The van der Waals surface area contributed by atoms with Crippen molar-refractivity contribution in [3.63, 3.8) is 0 Å². The van der Waals surface area contributed by atoms with Crippen LogP contribution in [0.5, 0.6) is 0 Å². The van der Waals surface area contributed by atoms with Gasteiger partial charge in [-0.25, -0.2) is 13.8 Å². The van der Waals surface area contributed by atoms with Crippen molar-refractivity contribution in [2.24, 2.45) is 0 Å². The van der Waals surface area contributed by atoms with Gasteiger partial charge in [0, 0.05) is 48.4 Å². The van der Waals surface area contributed by atoms with E-state index in [4.69, 9.17) is 4.98 Å². The molecule has 9 heteroatoms. The Bertz CT molecular complexity index is 1740. The zero-order chi connectivity index (χ0) is 25.0. The second-order valence-electron chi connectivity index (χ2n) is 9.53. The van der Waals surface area contributed by atoms with E-state index in [-0.39, 0.29) is 13.0 Å². The lowest BCUT2D eigenvalue weighted by atomic mass is 10.0. The van der Waals surface area contributed by atoms with Crippen LogP contribution in [-0.2, 0) is 6.54 Å². The largest absolute Gasteiger partial charge is 0.353 e. The minimum Gasteiger partial charge on any atom is -0.353 e. The number of hydrogen-bond donors (Lipinski definition) is 2. The molecule has 0 bridgehead atoms. The summed E-state index contributed by atoms with van der Waals surface area (Å²) < 4.78 is 27.2. The number of hydrogen-bond acceptors (Lipinski definition) is 5. The van der Waals surface area contributed by atoms with Crippen molar-refractivity contribution in [1.82, 2.24) is 30.0 Å². The summed E-state index contributed by atoms with van der Waals surface area (Å²) in [5.41, 5.74) is 9.11. The lowest BCUT2D eigenvalue weighted by Gasteiger charge is -2.15. The predicted octanol–water partition coefficient (Wildman–Crippen LogP) is 6.74. The van der Waals surface area contributed by atoms with E-state index in [1.165, 1.54) is 11.1 Å². The predicted molar refractivity (Wildman–Crippen MR) is 143 cm³/mol. The van der Waals surface area contributed by atoms with Gasteiger partial charge in [0.1, 0.15) is 11.2 Å². The SMILES string of the molecule is FC1(F)CCN(Cc2cncc(-c3ccc4[nH]nc(-c5cc6c(-c7ccsc7)cccc6[nH]5)c4n3)c2)C1. The molecular formula is C28H22F2N6S. The minimum absolute atomic E-state index is 0.0931. The van der Waals surface area contributed by atoms with Crippen molar-refractivity contribution < 1.29 is 8.78 Å². The van der Waals surface area contributed by atoms with Gasteiger partial charge in [-0.15, -0.1) is 0 Å². The molecule has 0 saturated carbocycles. The number of pyridine rings is 2. The Morgan fingerprint density at radius 1 is 1.03 bits per heavy atom. The Labute approximate surface area is 215 Å². The van der Waals surface area contributed by atoms with E-state index in [9.17, 15) is 8.78 Å². The molecule has 6 nitrogen and oxygen atoms in total. The minimum atomic E-state index is -2.61. The fourth-order valence-corrected chi connectivity index (χ4v) is 5.77. The van der Waals surface area contributed by atoms with E-state index < -0.39 is 5.92 Å². The Kier molecular flexibility index (Phi) is 5.16. The van der Waals surface area contributed by atoms with Crippen molar-refractivity contribution in [3.05, 3.63) is 77.2 Å². The molecule has 1 aromatic carbocycles. The van der Waals surface area contributed by atoms with Crippen LogP contribution in [0.15, 0.2) is 71.7 Å². The molecule has 0 unspecified atom stereocenters. The van der Waals surface area contributed by atoms with Gasteiger partial charge in [-0.05, 0) is 63.8 Å². The Balaban J connectivity index is 1.24. The molecule has 1 aliphatic heterocycles. The zero-order valence-corrected chi connectivity index (χ0v) is 20.5. The van der Waals surface area contributed by atoms with Crippen molar-refractivity contribution in [2.45, 2.75) is 18.9 Å². The maximum Gasteiger partial charge on any atom is 0.261 e. The van der Waals surface area contributed by atoms with Crippen molar-refractivity contribution in [1.29, 1.82) is 0 Å². The number of rotatable bonds is 5. The molecule has 184 valence electrons. The summed E-state index contributed by atoms with van der Waals surface area (Å²) in [5.74, 6) is -2.61. The van der Waals surface area contributed by atoms with Crippen molar-refractivity contribution in [3.8, 4) is 33.8 Å². The van der Waals surface area contributed by atoms with Gasteiger partial charge in [-0.2, -0.15) is 16.4 Å². The summed E-state index contributed by atoms with van der Waals surface area (Å²) in [6.07, 6.45) is 3.40. The number of aromatic nitrogens is 5. The number of nitrogens with zero attached hydrogens (tertiary/aromatic N) is 4. The lowest BCUT2D eigenvalue weighted by Crippen LogP contribution is -2.24. The standard InChI is InChI=1S/C28H22F2N6S/c29-28(30)7-8-36(16-28)14-17-10-19(13-31-12-17)22-4-5-24-26(33-22)27(35-34-24)25-11-21-20(18-6-9-37-15-18)2-1-3-23(21)32-25/h1-6,9-13,15,32H,7-8,14,16H2,(H,34,35). The summed E-state index contributed by atoms with van der Waals surface area (Å²) in [6.45, 7) is 0.619. The molecule has 37 heavy (non-hydrogen) atoms. The molecular weight excluding hydrogens is 490 g/mol. The number of alkyl halides is 2. The summed E-state index contributed by atoms with van der Waals surface area (Å²) in [7, 11) is 0. The van der Waals surface area contributed by atoms with Crippen LogP contribution in [0.2, 0.25) is 0 Å². The topological polar surface area (TPSA) is 73.5 Å². The van der Waals surface area contributed by atoms with Gasteiger partial charge < -0.3 is 4.98 Å². The molecule has 1 fully saturated rings. The highest BCUT2D eigenvalue weighted by molar-refractivity contribution is 7.08. The number of halogens is 2. The van der Waals surface area contributed by atoms with Crippen LogP contribution in [0, 0.1) is 0 Å². The first kappa shape index (κ1) is 22.3. The Morgan fingerprint density at radius 2 is 1.97 bits per heavy atom. The number of nitrogens with one attached hydrogen (secondary N) is 2. The van der Waals surface area contributed by atoms with Gasteiger partial charge in [0.25, 0.3) is 5.92 Å². The third-order valence-corrected chi connectivity index (χ3v) is 7.59. The fourth-order valence-electron chi connectivity index (χ4n) is 5.11. The van der Waals surface area contributed by atoms with E-state index in [2.05, 4.69) is 61.3 Å². The normalized spacial score (nSPS) is 15.7. The summed E-state index contributed by atoms with van der Waals surface area (Å²) in [5, 5.41) is 13.0. The molecule has 7 rings (SSSR count). The van der Waals surface area contributed by atoms with Crippen LogP contribution < -0.4 is 0 Å². The van der Waals surface area contributed by atoms with Crippen molar-refractivity contribution >= 4 is 33.3 Å². The number of H-pyrrole nitrogens is 2. The Hall–Kier alpha value is -3.95. The highest BCUT2D eigenvalue weighted by Crippen LogP contribution is 2.35. The third-order valence-electron chi connectivity index (χ3n) is 6.90. The van der Waals surface area contributed by atoms with Crippen LogP contribution in [0.25, 0.3) is 55.7 Å². The van der Waals surface area contributed by atoms with Crippen LogP contribution >= 0.6 is 11.3 Å². The molecule has 6 heterocycles. The van der Waals surface area contributed by atoms with Gasteiger partial charge in [0.2, 0.25) is 0 Å². The van der Waals surface area contributed by atoms with E-state index >= 15 is 0 Å². The lowest BCUT2D eigenvalue weighted by molar-refractivity contribution is 0.0115. The average molecular weight is 513 g/mol. The van der Waals surface area contributed by atoms with E-state index in [1.54, 1.807) is 28.6 Å². The van der Waals surface area contributed by atoms with Gasteiger partial charge >= 0.3 is 0 Å². The molecule has 5 aromatic heterocycles. The Morgan fingerprint density at radius 3 is 2.81 bits per heavy atom. The summed E-state index contributed by atoms with van der Waals surface area (Å²) in [6, 6.07) is 16.4. The highest BCUT2D eigenvalue weighted by Gasteiger charge is 2.37. The van der Waals surface area contributed by atoms with Crippen LogP contribution in [0.4, 0.5) is 8.78 Å². The summed E-state index contributed by atoms with van der Waals surface area (Å²) >= 11 is 1.68. The summed E-state index contributed by atoms with van der Waals surface area (Å²) in [4.78, 5) is 14.6. The number of likely N-dealkylation sites (tertiary alicyclic amines) is 1. The number of benzene rings is 1. The van der Waals surface area contributed by atoms with E-state index in [0.717, 1.165) is 50.1 Å². The van der Waals surface area contributed by atoms with E-state index in [1.807, 2.05) is 18.2 Å². The molecule has 1 saturated heterocycles. The average Bonchev–Trinajstić information content (AvgIpc) is 3.69. The maximum atomic E-state index is 13.6. The fraction of sp³-hybridized carbons (Fsp3) is 0.179. The molecule has 0 atom stereocenters. The molecule has 1 aliphatic rings. The first-order valence-electron chi connectivity index (χ1n) is 12.1. The molecule has 6 aromatic rings. The molecule has 0 radical (unpaired) electrons. The number of fused-ring (bicyclic) bond motifs is 2. The highest BCUT2D eigenvalue weighted by atomic mass is 32.1. The van der Waals surface area contributed by atoms with Gasteiger partial charge in [-0.1, -0.05) is 12.1 Å². The molecule has 0 spiro atoms. The van der Waals surface area contributed by atoms with Gasteiger partial charge in [0.15, 0.2) is 0 Å². The first-order chi connectivity index (χ1) is 18.0. The van der Waals surface area contributed by atoms with Crippen LogP contribution in [0.1, 0.15) is 12.0 Å². The molecule has 0 aliphatic carbocycles. The first-order valence-corrected chi connectivity index (χ1v) is 13.0. The number of thiophene rings is 1. The maximum absolute atomic E-state index is 13.6. The quantitative estimate of drug-likeness (QED) is 0.268. The molecule has 2 N–H and O–H groups in total. The second kappa shape index (κ2) is 8.57. The molecule has 0 amide bonds. The van der Waals surface area contributed by atoms with Crippen LogP contribution in [0.3, 0.4) is 0 Å². The van der Waals surface area contributed by atoms with Gasteiger partial charge in [0.05, 0.1) is 23.4 Å². The zero-order valence-electron chi connectivity index (χ0n) is 19.7.